The highest BCUT2D eigenvalue weighted by Crippen LogP contribution is 2.21. The van der Waals surface area contributed by atoms with E-state index in [1.165, 1.54) is 4.31 Å². The van der Waals surface area contributed by atoms with Gasteiger partial charge in [-0.15, -0.1) is 11.6 Å². The summed E-state index contributed by atoms with van der Waals surface area (Å²) in [4.78, 5) is 2.67. The van der Waals surface area contributed by atoms with Gasteiger partial charge in [0.25, 0.3) is 0 Å². The molecule has 1 aliphatic heterocycles. The zero-order valence-electron chi connectivity index (χ0n) is 12.6. The molecule has 0 saturated carbocycles. The zero-order chi connectivity index (χ0) is 15.5. The zero-order valence-corrected chi connectivity index (χ0v) is 14.2. The maximum atomic E-state index is 12.6. The number of hydrogen-bond acceptors (Lipinski definition) is 3. The molecule has 1 aromatic carbocycles. The summed E-state index contributed by atoms with van der Waals surface area (Å²) in [5.41, 5.74) is 0.821. The molecule has 1 atom stereocenters. The number of nitrogens with zero attached hydrogens (tertiary/aromatic N) is 2. The Hall–Kier alpha value is -0.620. The van der Waals surface area contributed by atoms with E-state index in [1.54, 1.807) is 25.2 Å². The van der Waals surface area contributed by atoms with Crippen molar-refractivity contribution < 1.29 is 8.42 Å². The Bertz CT molecular complexity index is 577. The van der Waals surface area contributed by atoms with Crippen LogP contribution in [0.25, 0.3) is 0 Å². The highest BCUT2D eigenvalue weighted by molar-refractivity contribution is 7.89. The molecule has 1 saturated heterocycles. The molecule has 4 nitrogen and oxygen atoms in total. The van der Waals surface area contributed by atoms with Gasteiger partial charge in [-0.1, -0.05) is 19.1 Å². The monoisotopic (exact) mass is 330 g/mol. The Morgan fingerprint density at radius 3 is 2.86 bits per heavy atom. The maximum Gasteiger partial charge on any atom is 0.242 e. The fourth-order valence-electron chi connectivity index (χ4n) is 2.88. The molecule has 118 valence electrons. The number of likely N-dealkylation sites (tertiary alicyclic amines) is 1. The van der Waals surface area contributed by atoms with Crippen molar-refractivity contribution in [3.8, 4) is 0 Å². The number of alkyl halides is 1. The smallest absolute Gasteiger partial charge is 0.242 e. The summed E-state index contributed by atoms with van der Waals surface area (Å²) in [5.74, 6) is 0.319. The van der Waals surface area contributed by atoms with Gasteiger partial charge in [-0.05, 0) is 43.6 Å². The molecule has 1 fully saturated rings. The van der Waals surface area contributed by atoms with E-state index in [4.69, 9.17) is 11.6 Å². The van der Waals surface area contributed by atoms with Crippen molar-refractivity contribution in [2.45, 2.75) is 36.6 Å². The van der Waals surface area contributed by atoms with Crippen LogP contribution in [0.1, 0.15) is 25.3 Å². The molecule has 0 aliphatic carbocycles. The molecule has 0 amide bonds. The van der Waals surface area contributed by atoms with E-state index in [-0.39, 0.29) is 0 Å². The number of rotatable bonds is 6. The van der Waals surface area contributed by atoms with Gasteiger partial charge in [0.05, 0.1) is 4.90 Å². The molecular formula is C15H23ClN2O2S. The van der Waals surface area contributed by atoms with E-state index in [2.05, 4.69) is 11.8 Å². The fourth-order valence-corrected chi connectivity index (χ4v) is 4.33. The third-order valence-electron chi connectivity index (χ3n) is 4.13. The maximum absolute atomic E-state index is 12.6. The van der Waals surface area contributed by atoms with E-state index in [0.717, 1.165) is 31.5 Å². The van der Waals surface area contributed by atoms with Gasteiger partial charge in [0, 0.05) is 25.5 Å². The summed E-state index contributed by atoms with van der Waals surface area (Å²) in [6.45, 7) is 4.70. The average molecular weight is 331 g/mol. The second-order valence-electron chi connectivity index (χ2n) is 5.49. The minimum Gasteiger partial charge on any atom is -0.299 e. The van der Waals surface area contributed by atoms with Crippen molar-refractivity contribution in [1.29, 1.82) is 0 Å². The van der Waals surface area contributed by atoms with E-state index in [0.29, 0.717) is 23.4 Å². The predicted molar refractivity (Wildman–Crippen MR) is 86.1 cm³/mol. The summed E-state index contributed by atoms with van der Waals surface area (Å²) in [7, 11) is -1.78. The standard InChI is InChI=1S/C15H23ClN2O2S/c1-3-18-9-5-7-14(18)12-17(2)21(19,20)15-8-4-6-13(10-15)11-16/h4,6,8,10,14H,3,5,7,9,11-12H2,1-2H3. The number of benzene rings is 1. The molecule has 1 heterocycles. The lowest BCUT2D eigenvalue weighted by Gasteiger charge is -2.27. The van der Waals surface area contributed by atoms with Crippen LogP contribution in [0, 0.1) is 0 Å². The third-order valence-corrected chi connectivity index (χ3v) is 6.26. The highest BCUT2D eigenvalue weighted by Gasteiger charge is 2.29. The van der Waals surface area contributed by atoms with Crippen molar-refractivity contribution in [2.75, 3.05) is 26.7 Å². The lowest BCUT2D eigenvalue weighted by molar-refractivity contribution is 0.237. The van der Waals surface area contributed by atoms with Crippen LogP contribution in [0.3, 0.4) is 0 Å². The number of likely N-dealkylation sites (N-methyl/N-ethyl adjacent to an activating group) is 2. The second-order valence-corrected chi connectivity index (χ2v) is 7.80. The van der Waals surface area contributed by atoms with Crippen LogP contribution in [0.2, 0.25) is 0 Å². The third kappa shape index (κ3) is 3.77. The number of sulfonamides is 1. The first-order valence-electron chi connectivity index (χ1n) is 7.34. The minimum atomic E-state index is -3.44. The van der Waals surface area contributed by atoms with Gasteiger partial charge in [-0.2, -0.15) is 4.31 Å². The van der Waals surface area contributed by atoms with Gasteiger partial charge in [0.2, 0.25) is 10.0 Å². The van der Waals surface area contributed by atoms with E-state index < -0.39 is 10.0 Å². The van der Waals surface area contributed by atoms with Gasteiger partial charge < -0.3 is 0 Å². The summed E-state index contributed by atoms with van der Waals surface area (Å²) in [6, 6.07) is 7.19. The van der Waals surface area contributed by atoms with E-state index >= 15 is 0 Å². The van der Waals surface area contributed by atoms with E-state index in [1.807, 2.05) is 6.07 Å². The molecule has 0 N–H and O–H groups in total. The largest absolute Gasteiger partial charge is 0.299 e. The Morgan fingerprint density at radius 1 is 1.43 bits per heavy atom. The molecule has 1 aliphatic rings. The average Bonchev–Trinajstić information content (AvgIpc) is 2.94. The molecule has 0 bridgehead atoms. The normalized spacial score (nSPS) is 20.3. The van der Waals surface area contributed by atoms with Crippen LogP contribution in [0.5, 0.6) is 0 Å². The lowest BCUT2D eigenvalue weighted by Crippen LogP contribution is -2.41. The van der Waals surface area contributed by atoms with Crippen LogP contribution >= 0.6 is 11.6 Å². The van der Waals surface area contributed by atoms with Crippen molar-refractivity contribution in [2.24, 2.45) is 0 Å². The Labute approximate surface area is 132 Å². The van der Waals surface area contributed by atoms with Crippen LogP contribution in [0.15, 0.2) is 29.2 Å². The van der Waals surface area contributed by atoms with Gasteiger partial charge in [-0.25, -0.2) is 8.42 Å². The first-order chi connectivity index (χ1) is 9.98. The Kier molecular flexibility index (Phi) is 5.66. The fraction of sp³-hybridized carbons (Fsp3) is 0.600. The molecule has 6 heteroatoms. The molecule has 2 rings (SSSR count). The molecule has 1 aromatic rings. The number of halogens is 1. The number of hydrogen-bond donors (Lipinski definition) is 0. The van der Waals surface area contributed by atoms with Crippen LogP contribution in [-0.4, -0.2) is 50.3 Å². The van der Waals surface area contributed by atoms with Crippen molar-refractivity contribution in [1.82, 2.24) is 9.21 Å². The summed E-state index contributed by atoms with van der Waals surface area (Å²) >= 11 is 5.79. The molecule has 21 heavy (non-hydrogen) atoms. The van der Waals surface area contributed by atoms with Crippen molar-refractivity contribution in [3.63, 3.8) is 0 Å². The van der Waals surface area contributed by atoms with Gasteiger partial charge in [0.1, 0.15) is 0 Å². The van der Waals surface area contributed by atoms with Crippen LogP contribution in [0.4, 0.5) is 0 Å². The van der Waals surface area contributed by atoms with Crippen LogP contribution in [-0.2, 0) is 15.9 Å². The van der Waals surface area contributed by atoms with Crippen molar-refractivity contribution in [3.05, 3.63) is 29.8 Å². The molecule has 1 unspecified atom stereocenters. The first-order valence-corrected chi connectivity index (χ1v) is 9.31. The Balaban J connectivity index is 2.14. The highest BCUT2D eigenvalue weighted by atomic mass is 35.5. The van der Waals surface area contributed by atoms with Gasteiger partial charge in [0.15, 0.2) is 0 Å². The van der Waals surface area contributed by atoms with Crippen molar-refractivity contribution >= 4 is 21.6 Å². The van der Waals surface area contributed by atoms with E-state index in [9.17, 15) is 8.42 Å². The van der Waals surface area contributed by atoms with Gasteiger partial charge >= 0.3 is 0 Å². The lowest BCUT2D eigenvalue weighted by atomic mass is 10.2. The Morgan fingerprint density at radius 2 is 2.19 bits per heavy atom. The quantitative estimate of drug-likeness (QED) is 0.753. The molecule has 0 spiro atoms. The first kappa shape index (κ1) is 16.7. The summed E-state index contributed by atoms with van der Waals surface area (Å²) in [5, 5.41) is 0. The molecule has 0 aromatic heterocycles. The minimum absolute atomic E-state index is 0.319. The molecule has 0 radical (unpaired) electrons. The molecular weight excluding hydrogens is 308 g/mol. The summed E-state index contributed by atoms with van der Waals surface area (Å²) in [6.07, 6.45) is 2.21. The summed E-state index contributed by atoms with van der Waals surface area (Å²) < 4.78 is 26.8. The van der Waals surface area contributed by atoms with Gasteiger partial charge in [-0.3, -0.25) is 4.90 Å². The topological polar surface area (TPSA) is 40.6 Å². The predicted octanol–water partition coefficient (Wildman–Crippen LogP) is 2.53. The SMILES string of the molecule is CCN1CCCC1CN(C)S(=O)(=O)c1cccc(CCl)c1. The second kappa shape index (κ2) is 7.09. The van der Waals surface area contributed by atoms with Crippen LogP contribution < -0.4 is 0 Å².